The fourth-order valence-electron chi connectivity index (χ4n) is 3.54. The Morgan fingerprint density at radius 3 is 2.48 bits per heavy atom. The summed E-state index contributed by atoms with van der Waals surface area (Å²) in [5.74, 6) is -0.329. The molecule has 29 heavy (non-hydrogen) atoms. The van der Waals surface area contributed by atoms with Gasteiger partial charge >= 0.3 is 0 Å². The zero-order chi connectivity index (χ0) is 20.9. The topological polar surface area (TPSA) is 75.7 Å². The van der Waals surface area contributed by atoms with E-state index in [2.05, 4.69) is 5.32 Å². The van der Waals surface area contributed by atoms with Crippen LogP contribution in [-0.2, 0) is 21.4 Å². The van der Waals surface area contributed by atoms with Gasteiger partial charge in [0.05, 0.1) is 11.5 Å². The fourth-order valence-corrected chi connectivity index (χ4v) is 5.09. The Balaban J connectivity index is 1.84. The predicted octanol–water partition coefficient (Wildman–Crippen LogP) is 3.96. The maximum Gasteiger partial charge on any atom is 0.255 e. The molecule has 1 saturated heterocycles. The second-order valence-electron chi connectivity index (χ2n) is 7.38. The van der Waals surface area contributed by atoms with Crippen LogP contribution in [0.2, 0.25) is 0 Å². The highest BCUT2D eigenvalue weighted by atomic mass is 32.2. The van der Waals surface area contributed by atoms with Gasteiger partial charge in [-0.1, -0.05) is 31.0 Å². The van der Waals surface area contributed by atoms with E-state index in [-0.39, 0.29) is 10.8 Å². The van der Waals surface area contributed by atoms with Crippen LogP contribution >= 0.6 is 0 Å². The van der Waals surface area contributed by atoms with Gasteiger partial charge in [-0.2, -0.15) is 4.31 Å². The minimum atomic E-state index is -3.61. The molecule has 0 radical (unpaired) electrons. The van der Waals surface area contributed by atoms with Crippen LogP contribution in [0.4, 0.5) is 5.69 Å². The number of rotatable bonds is 6. The molecule has 0 bridgehead atoms. The molecule has 1 amide bonds. The number of ether oxygens (including phenoxy) is 1. The Kier molecular flexibility index (Phi) is 7.05. The van der Waals surface area contributed by atoms with Gasteiger partial charge in [-0.05, 0) is 55.2 Å². The van der Waals surface area contributed by atoms with E-state index in [0.29, 0.717) is 30.9 Å². The molecule has 0 atom stereocenters. The fraction of sp³-hybridized carbons (Fsp3) is 0.409. The van der Waals surface area contributed by atoms with Crippen molar-refractivity contribution >= 4 is 21.6 Å². The molecule has 0 spiro atoms. The summed E-state index contributed by atoms with van der Waals surface area (Å²) in [6.07, 6.45) is 3.85. The Bertz CT molecular complexity index is 965. The highest BCUT2D eigenvalue weighted by molar-refractivity contribution is 7.89. The number of carbonyl (C=O) groups excluding carboxylic acids is 1. The van der Waals surface area contributed by atoms with E-state index in [9.17, 15) is 13.2 Å². The number of nitrogens with zero attached hydrogens (tertiary/aromatic N) is 1. The molecule has 1 fully saturated rings. The molecule has 1 aliphatic heterocycles. The number of methoxy groups -OCH3 is 1. The Labute approximate surface area is 172 Å². The molecule has 2 aromatic carbocycles. The van der Waals surface area contributed by atoms with E-state index in [1.807, 2.05) is 18.2 Å². The lowest BCUT2D eigenvalue weighted by Crippen LogP contribution is -2.32. The molecule has 3 rings (SSSR count). The third-order valence-electron chi connectivity index (χ3n) is 5.15. The molecule has 2 aromatic rings. The third kappa shape index (κ3) is 5.23. The van der Waals surface area contributed by atoms with E-state index in [4.69, 9.17) is 4.74 Å². The zero-order valence-electron chi connectivity index (χ0n) is 17.0. The molecule has 0 aliphatic carbocycles. The van der Waals surface area contributed by atoms with Crippen molar-refractivity contribution in [1.29, 1.82) is 0 Å². The van der Waals surface area contributed by atoms with Gasteiger partial charge in [-0.3, -0.25) is 4.79 Å². The van der Waals surface area contributed by atoms with Crippen LogP contribution in [0.15, 0.2) is 47.4 Å². The second kappa shape index (κ2) is 9.52. The van der Waals surface area contributed by atoms with Crippen molar-refractivity contribution in [1.82, 2.24) is 4.31 Å². The molecule has 6 nitrogen and oxygen atoms in total. The normalized spacial score (nSPS) is 15.7. The summed E-state index contributed by atoms with van der Waals surface area (Å²) in [7, 11) is -1.99. The second-order valence-corrected chi connectivity index (χ2v) is 9.32. The van der Waals surface area contributed by atoms with Gasteiger partial charge in [0.1, 0.15) is 0 Å². The zero-order valence-corrected chi connectivity index (χ0v) is 17.8. The van der Waals surface area contributed by atoms with Crippen LogP contribution in [0, 0.1) is 6.92 Å². The SMILES string of the molecule is COCc1cccc(NC(=O)c2cc(S(=O)(=O)N3CCCCCC3)ccc2C)c1. The van der Waals surface area contributed by atoms with E-state index in [1.165, 1.54) is 6.07 Å². The number of sulfonamides is 1. The standard InChI is InChI=1S/C22H28N2O4S/c1-17-10-11-20(29(26,27)24-12-5-3-4-6-13-24)15-21(17)22(25)23-19-9-7-8-18(14-19)16-28-2/h7-11,14-15H,3-6,12-13,16H2,1-2H3,(H,23,25). The first-order valence-corrected chi connectivity index (χ1v) is 11.4. The summed E-state index contributed by atoms with van der Waals surface area (Å²) in [6.45, 7) is 3.32. The number of anilines is 1. The quantitative estimate of drug-likeness (QED) is 0.773. The molecular weight excluding hydrogens is 388 g/mol. The van der Waals surface area contributed by atoms with Crippen molar-refractivity contribution in [2.24, 2.45) is 0 Å². The summed E-state index contributed by atoms with van der Waals surface area (Å²) in [4.78, 5) is 13.0. The molecule has 0 saturated carbocycles. The highest BCUT2D eigenvalue weighted by Gasteiger charge is 2.26. The Morgan fingerprint density at radius 2 is 1.79 bits per heavy atom. The van der Waals surface area contributed by atoms with Crippen molar-refractivity contribution in [2.45, 2.75) is 44.1 Å². The van der Waals surface area contributed by atoms with Gasteiger partial charge in [0, 0.05) is 31.5 Å². The lowest BCUT2D eigenvalue weighted by atomic mass is 10.1. The average molecular weight is 417 g/mol. The van der Waals surface area contributed by atoms with Gasteiger partial charge in [0.15, 0.2) is 0 Å². The van der Waals surface area contributed by atoms with Gasteiger partial charge in [-0.25, -0.2) is 8.42 Å². The molecule has 1 N–H and O–H groups in total. The Morgan fingerprint density at radius 1 is 1.07 bits per heavy atom. The van der Waals surface area contributed by atoms with Crippen molar-refractivity contribution in [2.75, 3.05) is 25.5 Å². The summed E-state index contributed by atoms with van der Waals surface area (Å²) in [5, 5.41) is 2.86. The van der Waals surface area contributed by atoms with Crippen LogP contribution in [0.5, 0.6) is 0 Å². The molecule has 1 aliphatic rings. The van der Waals surface area contributed by atoms with Crippen LogP contribution in [-0.4, -0.2) is 38.8 Å². The number of hydrogen-bond acceptors (Lipinski definition) is 4. The molecular formula is C22H28N2O4S. The first-order chi connectivity index (χ1) is 13.9. The summed E-state index contributed by atoms with van der Waals surface area (Å²) < 4.78 is 32.8. The minimum Gasteiger partial charge on any atom is -0.380 e. The lowest BCUT2D eigenvalue weighted by Gasteiger charge is -2.20. The van der Waals surface area contributed by atoms with E-state index in [1.54, 1.807) is 36.5 Å². The van der Waals surface area contributed by atoms with E-state index < -0.39 is 10.0 Å². The van der Waals surface area contributed by atoms with E-state index >= 15 is 0 Å². The number of hydrogen-bond donors (Lipinski definition) is 1. The van der Waals surface area contributed by atoms with Gasteiger partial charge < -0.3 is 10.1 Å². The van der Waals surface area contributed by atoms with E-state index in [0.717, 1.165) is 36.8 Å². The largest absolute Gasteiger partial charge is 0.380 e. The summed E-state index contributed by atoms with van der Waals surface area (Å²) in [6, 6.07) is 12.2. The number of carbonyl (C=O) groups is 1. The molecule has 156 valence electrons. The van der Waals surface area contributed by atoms with Crippen molar-refractivity contribution in [3.8, 4) is 0 Å². The first kappa shape index (κ1) is 21.5. The minimum absolute atomic E-state index is 0.170. The third-order valence-corrected chi connectivity index (χ3v) is 7.05. The number of nitrogens with one attached hydrogen (secondary N) is 1. The van der Waals surface area contributed by atoms with Crippen molar-refractivity contribution in [3.05, 3.63) is 59.2 Å². The van der Waals surface area contributed by atoms with Gasteiger partial charge in [0.2, 0.25) is 10.0 Å². The monoisotopic (exact) mass is 416 g/mol. The molecule has 1 heterocycles. The van der Waals surface area contributed by atoms with Crippen LogP contribution in [0.25, 0.3) is 0 Å². The molecule has 0 unspecified atom stereocenters. The smallest absolute Gasteiger partial charge is 0.255 e. The average Bonchev–Trinajstić information content (AvgIpc) is 2.99. The lowest BCUT2D eigenvalue weighted by molar-refractivity contribution is 0.102. The van der Waals surface area contributed by atoms with Crippen LogP contribution < -0.4 is 5.32 Å². The highest BCUT2D eigenvalue weighted by Crippen LogP contribution is 2.23. The van der Waals surface area contributed by atoms with Crippen LogP contribution in [0.3, 0.4) is 0 Å². The van der Waals surface area contributed by atoms with Gasteiger partial charge in [0.25, 0.3) is 5.91 Å². The molecule has 0 aromatic heterocycles. The Hall–Kier alpha value is -2.22. The van der Waals surface area contributed by atoms with Gasteiger partial charge in [-0.15, -0.1) is 0 Å². The predicted molar refractivity (Wildman–Crippen MR) is 114 cm³/mol. The maximum atomic E-state index is 13.1. The number of benzene rings is 2. The maximum absolute atomic E-state index is 13.1. The summed E-state index contributed by atoms with van der Waals surface area (Å²) >= 11 is 0. The number of aryl methyl sites for hydroxylation is 1. The number of amides is 1. The summed E-state index contributed by atoms with van der Waals surface area (Å²) in [5.41, 5.74) is 2.67. The van der Waals surface area contributed by atoms with Crippen LogP contribution in [0.1, 0.15) is 47.2 Å². The first-order valence-electron chi connectivity index (χ1n) is 9.92. The molecule has 7 heteroatoms. The van der Waals surface area contributed by atoms with Crippen molar-refractivity contribution < 1.29 is 17.9 Å². The van der Waals surface area contributed by atoms with Crippen molar-refractivity contribution in [3.63, 3.8) is 0 Å².